The van der Waals surface area contributed by atoms with Gasteiger partial charge in [-0.05, 0) is 87.5 Å². The van der Waals surface area contributed by atoms with E-state index in [-0.39, 0.29) is 18.3 Å². The number of halogens is 2. The summed E-state index contributed by atoms with van der Waals surface area (Å²) in [5, 5.41) is 13.8. The maximum Gasteiger partial charge on any atom is 0.277 e. The monoisotopic (exact) mass is 498 g/mol. The van der Waals surface area contributed by atoms with Gasteiger partial charge in [0.1, 0.15) is 5.75 Å². The average Bonchev–Trinajstić information content (AvgIpc) is 2.58. The van der Waals surface area contributed by atoms with Gasteiger partial charge in [-0.1, -0.05) is 6.07 Å². The number of hydrazone groups is 1. The van der Waals surface area contributed by atoms with Crippen LogP contribution in [0.25, 0.3) is 0 Å². The lowest BCUT2D eigenvalue weighted by molar-refractivity contribution is -0.123. The van der Waals surface area contributed by atoms with Crippen molar-refractivity contribution in [1.82, 2.24) is 5.43 Å². The number of nitrogens with zero attached hydrogens (tertiary/aromatic N) is 1. The van der Waals surface area contributed by atoms with Gasteiger partial charge in [0.25, 0.3) is 5.91 Å². The third-order valence-electron chi connectivity index (χ3n) is 3.47. The third kappa shape index (κ3) is 5.97. The minimum atomic E-state index is -0.388. The smallest absolute Gasteiger partial charge is 0.277 e. The quantitative estimate of drug-likeness (QED) is 0.435. The molecule has 27 heavy (non-hydrogen) atoms. The van der Waals surface area contributed by atoms with E-state index in [1.807, 2.05) is 32.9 Å². The van der Waals surface area contributed by atoms with Gasteiger partial charge in [0.2, 0.25) is 0 Å². The summed E-state index contributed by atoms with van der Waals surface area (Å²) < 4.78 is 12.2. The SMILES string of the molecule is CCOc1cc(C=NNC(=O)COc2c(C)cc(C)cc2Br)cc(Br)c1O. The maximum atomic E-state index is 11.9. The molecule has 0 heterocycles. The summed E-state index contributed by atoms with van der Waals surface area (Å²) in [5.74, 6) is 0.595. The standard InChI is InChI=1S/C19H20Br2N2O4/c1-4-26-16-8-13(7-14(20)18(16)25)9-22-23-17(24)10-27-19-12(3)5-11(2)6-15(19)21/h5-9,25H,4,10H2,1-3H3,(H,23,24). The highest BCUT2D eigenvalue weighted by Gasteiger charge is 2.10. The number of benzene rings is 2. The molecule has 0 bridgehead atoms. The molecule has 0 atom stereocenters. The number of amides is 1. The summed E-state index contributed by atoms with van der Waals surface area (Å²) in [4.78, 5) is 11.9. The Morgan fingerprint density at radius 1 is 1.19 bits per heavy atom. The molecule has 2 rings (SSSR count). The topological polar surface area (TPSA) is 80.2 Å². The predicted octanol–water partition coefficient (Wildman–Crippen LogP) is 4.46. The van der Waals surface area contributed by atoms with Crippen LogP contribution in [0.15, 0.2) is 38.3 Å². The Labute approximate surface area is 174 Å². The van der Waals surface area contributed by atoms with Crippen LogP contribution in [-0.4, -0.2) is 30.4 Å². The number of ether oxygens (including phenoxy) is 2. The summed E-state index contributed by atoms with van der Waals surface area (Å²) in [6.45, 7) is 5.98. The van der Waals surface area contributed by atoms with E-state index in [0.717, 1.165) is 15.6 Å². The molecule has 8 heteroatoms. The van der Waals surface area contributed by atoms with Crippen LogP contribution < -0.4 is 14.9 Å². The summed E-state index contributed by atoms with van der Waals surface area (Å²) in [5.41, 5.74) is 5.11. The molecule has 2 aromatic carbocycles. The van der Waals surface area contributed by atoms with Crippen LogP contribution in [0.4, 0.5) is 0 Å². The van der Waals surface area contributed by atoms with Crippen LogP contribution in [-0.2, 0) is 4.79 Å². The molecular weight excluding hydrogens is 480 g/mol. The predicted molar refractivity (Wildman–Crippen MR) is 112 cm³/mol. The molecule has 0 unspecified atom stereocenters. The molecule has 2 aromatic rings. The Bertz CT molecular complexity index is 846. The van der Waals surface area contributed by atoms with Gasteiger partial charge < -0.3 is 14.6 Å². The molecule has 0 aliphatic heterocycles. The van der Waals surface area contributed by atoms with E-state index in [2.05, 4.69) is 42.4 Å². The zero-order valence-electron chi connectivity index (χ0n) is 15.2. The number of aromatic hydroxyl groups is 1. The summed E-state index contributed by atoms with van der Waals surface area (Å²) >= 11 is 6.69. The van der Waals surface area contributed by atoms with Crippen LogP contribution >= 0.6 is 31.9 Å². The highest BCUT2D eigenvalue weighted by atomic mass is 79.9. The van der Waals surface area contributed by atoms with Crippen LogP contribution in [0, 0.1) is 13.8 Å². The van der Waals surface area contributed by atoms with E-state index in [9.17, 15) is 9.90 Å². The van der Waals surface area contributed by atoms with E-state index < -0.39 is 0 Å². The second-order valence-electron chi connectivity index (χ2n) is 5.76. The Morgan fingerprint density at radius 3 is 2.59 bits per heavy atom. The number of nitrogens with one attached hydrogen (secondary N) is 1. The van der Waals surface area contributed by atoms with Crippen molar-refractivity contribution >= 4 is 44.0 Å². The first-order valence-electron chi connectivity index (χ1n) is 8.18. The van der Waals surface area contributed by atoms with Gasteiger partial charge in [-0.25, -0.2) is 5.43 Å². The van der Waals surface area contributed by atoms with Gasteiger partial charge in [0.15, 0.2) is 18.1 Å². The van der Waals surface area contributed by atoms with E-state index >= 15 is 0 Å². The Balaban J connectivity index is 1.96. The van der Waals surface area contributed by atoms with Crippen LogP contribution in [0.2, 0.25) is 0 Å². The number of hydrogen-bond acceptors (Lipinski definition) is 5. The summed E-state index contributed by atoms with van der Waals surface area (Å²) in [6, 6.07) is 7.20. The molecule has 0 radical (unpaired) electrons. The number of phenols is 1. The lowest BCUT2D eigenvalue weighted by atomic mass is 10.1. The number of carbonyl (C=O) groups excluding carboxylic acids is 1. The number of rotatable bonds is 7. The number of aryl methyl sites for hydroxylation is 2. The molecule has 6 nitrogen and oxygen atoms in total. The molecule has 0 saturated carbocycles. The second kappa shape index (κ2) is 9.75. The first kappa shape index (κ1) is 21.2. The van der Waals surface area contributed by atoms with Gasteiger partial charge in [-0.3, -0.25) is 4.79 Å². The molecule has 2 N–H and O–H groups in total. The van der Waals surface area contributed by atoms with Gasteiger partial charge in [0, 0.05) is 0 Å². The minimum absolute atomic E-state index is 0.0190. The zero-order valence-corrected chi connectivity index (χ0v) is 18.3. The first-order chi connectivity index (χ1) is 12.8. The van der Waals surface area contributed by atoms with E-state index in [1.165, 1.54) is 6.21 Å². The normalized spacial score (nSPS) is 10.9. The van der Waals surface area contributed by atoms with E-state index in [4.69, 9.17) is 9.47 Å². The Morgan fingerprint density at radius 2 is 1.93 bits per heavy atom. The highest BCUT2D eigenvalue weighted by molar-refractivity contribution is 9.10. The van der Waals surface area contributed by atoms with Gasteiger partial charge in [0.05, 0.1) is 21.8 Å². The fourth-order valence-electron chi connectivity index (χ4n) is 2.37. The van der Waals surface area contributed by atoms with Crippen molar-refractivity contribution in [2.75, 3.05) is 13.2 Å². The molecule has 144 valence electrons. The molecule has 0 aromatic heterocycles. The molecule has 0 aliphatic carbocycles. The molecule has 0 fully saturated rings. The molecule has 0 aliphatic rings. The van der Waals surface area contributed by atoms with Crippen molar-refractivity contribution in [3.63, 3.8) is 0 Å². The molecular formula is C19H20Br2N2O4. The first-order valence-corrected chi connectivity index (χ1v) is 9.77. The van der Waals surface area contributed by atoms with Crippen molar-refractivity contribution in [3.05, 3.63) is 49.9 Å². The highest BCUT2D eigenvalue weighted by Crippen LogP contribution is 2.35. The van der Waals surface area contributed by atoms with Crippen LogP contribution in [0.1, 0.15) is 23.6 Å². The fourth-order valence-corrected chi connectivity index (χ4v) is 3.62. The van der Waals surface area contributed by atoms with Gasteiger partial charge in [-0.2, -0.15) is 5.10 Å². The van der Waals surface area contributed by atoms with Gasteiger partial charge in [-0.15, -0.1) is 0 Å². The van der Waals surface area contributed by atoms with Crippen molar-refractivity contribution in [2.24, 2.45) is 5.10 Å². The third-order valence-corrected chi connectivity index (χ3v) is 4.67. The lowest BCUT2D eigenvalue weighted by Gasteiger charge is -2.11. The number of carbonyl (C=O) groups is 1. The maximum absolute atomic E-state index is 11.9. The summed E-state index contributed by atoms with van der Waals surface area (Å²) in [6.07, 6.45) is 1.46. The van der Waals surface area contributed by atoms with Gasteiger partial charge >= 0.3 is 0 Å². The number of phenolic OH excluding ortho intramolecular Hbond substituents is 1. The van der Waals surface area contributed by atoms with Crippen molar-refractivity contribution < 1.29 is 19.4 Å². The second-order valence-corrected chi connectivity index (χ2v) is 7.47. The van der Waals surface area contributed by atoms with E-state index in [0.29, 0.717) is 28.1 Å². The number of hydrogen-bond donors (Lipinski definition) is 2. The zero-order chi connectivity index (χ0) is 20.0. The molecule has 1 amide bonds. The summed E-state index contributed by atoms with van der Waals surface area (Å²) in [7, 11) is 0. The molecule has 0 saturated heterocycles. The van der Waals surface area contributed by atoms with Crippen molar-refractivity contribution in [3.8, 4) is 17.2 Å². The van der Waals surface area contributed by atoms with Crippen LogP contribution in [0.5, 0.6) is 17.2 Å². The fraction of sp³-hybridized carbons (Fsp3) is 0.263. The lowest BCUT2D eigenvalue weighted by Crippen LogP contribution is -2.24. The average molecular weight is 500 g/mol. The molecule has 0 spiro atoms. The minimum Gasteiger partial charge on any atom is -0.503 e. The van der Waals surface area contributed by atoms with Crippen molar-refractivity contribution in [1.29, 1.82) is 0 Å². The Kier molecular flexibility index (Phi) is 7.67. The Hall–Kier alpha value is -2.06. The van der Waals surface area contributed by atoms with Crippen molar-refractivity contribution in [2.45, 2.75) is 20.8 Å². The largest absolute Gasteiger partial charge is 0.503 e. The van der Waals surface area contributed by atoms with Crippen LogP contribution in [0.3, 0.4) is 0 Å². The van der Waals surface area contributed by atoms with E-state index in [1.54, 1.807) is 12.1 Å².